The van der Waals surface area contributed by atoms with Gasteiger partial charge in [-0.3, -0.25) is 14.8 Å². The van der Waals surface area contributed by atoms with E-state index in [1.807, 2.05) is 0 Å². The minimum Gasteiger partial charge on any atom is -0.296 e. The molecule has 1 N–H and O–H groups in total. The molecule has 0 radical (unpaired) electrons. The molecule has 2 aromatic heterocycles. The van der Waals surface area contributed by atoms with E-state index in [0.717, 1.165) is 3.79 Å². The van der Waals surface area contributed by atoms with E-state index in [-0.39, 0.29) is 5.91 Å². The molecule has 2 heterocycles. The zero-order valence-electron chi connectivity index (χ0n) is 7.77. The summed E-state index contributed by atoms with van der Waals surface area (Å²) in [5.41, 5.74) is 0.501. The van der Waals surface area contributed by atoms with Crippen LogP contribution in [0.5, 0.6) is 0 Å². The fourth-order valence-corrected chi connectivity index (χ4v) is 2.17. The lowest BCUT2D eigenvalue weighted by atomic mass is 10.4. The van der Waals surface area contributed by atoms with Crippen molar-refractivity contribution < 1.29 is 4.79 Å². The SMILES string of the molecule is Cn1nccc1C(=O)Nc1ncc(Br)s1. The molecule has 5 nitrogen and oxygen atoms in total. The lowest BCUT2D eigenvalue weighted by molar-refractivity contribution is 0.101. The number of halogens is 1. The zero-order valence-corrected chi connectivity index (χ0v) is 10.2. The summed E-state index contributed by atoms with van der Waals surface area (Å²) in [5.74, 6) is -0.211. The molecule has 0 atom stereocenters. The summed E-state index contributed by atoms with van der Waals surface area (Å²) in [6.07, 6.45) is 3.22. The first-order chi connectivity index (χ1) is 7.16. The van der Waals surface area contributed by atoms with E-state index >= 15 is 0 Å². The van der Waals surface area contributed by atoms with E-state index in [1.54, 1.807) is 25.5 Å². The van der Waals surface area contributed by atoms with Gasteiger partial charge in [-0.2, -0.15) is 5.10 Å². The maximum absolute atomic E-state index is 11.7. The summed E-state index contributed by atoms with van der Waals surface area (Å²) < 4.78 is 2.39. The van der Waals surface area contributed by atoms with Crippen LogP contribution in [0.25, 0.3) is 0 Å². The van der Waals surface area contributed by atoms with Gasteiger partial charge in [-0.05, 0) is 22.0 Å². The number of anilines is 1. The van der Waals surface area contributed by atoms with Crippen LogP contribution in [0, 0.1) is 0 Å². The third-order valence-corrected chi connectivity index (χ3v) is 3.14. The molecular weight excluding hydrogens is 280 g/mol. The topological polar surface area (TPSA) is 59.8 Å². The molecule has 2 aromatic rings. The molecule has 0 aromatic carbocycles. The molecular formula is C8H7BrN4OS. The van der Waals surface area contributed by atoms with Gasteiger partial charge in [0.2, 0.25) is 0 Å². The van der Waals surface area contributed by atoms with E-state index < -0.39 is 0 Å². The van der Waals surface area contributed by atoms with E-state index in [1.165, 1.54) is 16.0 Å². The summed E-state index contributed by atoms with van der Waals surface area (Å²) >= 11 is 4.64. The standard InChI is InChI=1S/C8H7BrN4OS/c1-13-5(2-3-11-13)7(14)12-8-10-4-6(9)15-8/h2-4H,1H3,(H,10,12,14). The number of aryl methyl sites for hydroxylation is 1. The molecule has 0 aliphatic rings. The lowest BCUT2D eigenvalue weighted by Gasteiger charge is -2.00. The van der Waals surface area contributed by atoms with E-state index in [9.17, 15) is 4.79 Å². The van der Waals surface area contributed by atoms with Crippen molar-refractivity contribution in [2.45, 2.75) is 0 Å². The maximum Gasteiger partial charge on any atom is 0.275 e. The van der Waals surface area contributed by atoms with Crippen LogP contribution < -0.4 is 5.32 Å². The molecule has 0 saturated carbocycles. The predicted octanol–water partition coefficient (Wildman–Crippen LogP) is 1.89. The maximum atomic E-state index is 11.7. The van der Waals surface area contributed by atoms with E-state index in [0.29, 0.717) is 10.8 Å². The molecule has 0 spiro atoms. The molecule has 15 heavy (non-hydrogen) atoms. The number of amides is 1. The van der Waals surface area contributed by atoms with Gasteiger partial charge in [0.15, 0.2) is 5.13 Å². The van der Waals surface area contributed by atoms with Crippen LogP contribution in [0.3, 0.4) is 0 Å². The van der Waals surface area contributed by atoms with Crippen LogP contribution >= 0.6 is 27.3 Å². The Morgan fingerprint density at radius 1 is 1.67 bits per heavy atom. The normalized spacial score (nSPS) is 10.3. The van der Waals surface area contributed by atoms with Crippen molar-refractivity contribution in [1.82, 2.24) is 14.8 Å². The predicted molar refractivity (Wildman–Crippen MR) is 61.0 cm³/mol. The van der Waals surface area contributed by atoms with Gasteiger partial charge in [0, 0.05) is 13.2 Å². The average molecular weight is 287 g/mol. The summed E-state index contributed by atoms with van der Waals surface area (Å²) in [6.45, 7) is 0. The second kappa shape index (κ2) is 4.11. The molecule has 0 aliphatic carbocycles. The zero-order chi connectivity index (χ0) is 10.8. The number of carbonyl (C=O) groups excluding carboxylic acids is 1. The molecule has 0 aliphatic heterocycles. The molecule has 0 saturated heterocycles. The number of hydrogen-bond acceptors (Lipinski definition) is 4. The van der Waals surface area contributed by atoms with Crippen LogP contribution in [-0.2, 0) is 7.05 Å². The number of nitrogens with one attached hydrogen (secondary N) is 1. The summed E-state index contributed by atoms with van der Waals surface area (Å²) in [4.78, 5) is 15.7. The molecule has 0 fully saturated rings. The Labute approximate surface area is 98.3 Å². The Hall–Kier alpha value is -1.21. The molecule has 0 unspecified atom stereocenters. The largest absolute Gasteiger partial charge is 0.296 e. The van der Waals surface area contributed by atoms with Crippen LogP contribution in [0.4, 0.5) is 5.13 Å². The molecule has 7 heteroatoms. The molecule has 1 amide bonds. The van der Waals surface area contributed by atoms with Crippen LogP contribution in [0.2, 0.25) is 0 Å². The van der Waals surface area contributed by atoms with Crippen molar-refractivity contribution in [2.24, 2.45) is 7.05 Å². The van der Waals surface area contributed by atoms with Crippen molar-refractivity contribution in [1.29, 1.82) is 0 Å². The average Bonchev–Trinajstić information content (AvgIpc) is 2.75. The highest BCUT2D eigenvalue weighted by atomic mass is 79.9. The number of rotatable bonds is 2. The van der Waals surface area contributed by atoms with Crippen LogP contribution in [0.1, 0.15) is 10.5 Å². The highest BCUT2D eigenvalue weighted by Gasteiger charge is 2.11. The van der Waals surface area contributed by atoms with E-state index in [4.69, 9.17) is 0 Å². The Balaban J connectivity index is 2.14. The lowest BCUT2D eigenvalue weighted by Crippen LogP contribution is -2.15. The third kappa shape index (κ3) is 2.24. The second-order valence-electron chi connectivity index (χ2n) is 2.76. The van der Waals surface area contributed by atoms with Gasteiger partial charge in [-0.15, -0.1) is 0 Å². The fourth-order valence-electron chi connectivity index (χ4n) is 1.07. The van der Waals surface area contributed by atoms with Crippen LogP contribution in [0.15, 0.2) is 22.2 Å². The number of nitrogens with zero attached hydrogens (tertiary/aromatic N) is 3. The first-order valence-corrected chi connectivity index (χ1v) is 5.68. The van der Waals surface area contributed by atoms with Crippen LogP contribution in [-0.4, -0.2) is 20.7 Å². The quantitative estimate of drug-likeness (QED) is 0.917. The summed E-state index contributed by atoms with van der Waals surface area (Å²) in [7, 11) is 1.71. The highest BCUT2D eigenvalue weighted by molar-refractivity contribution is 9.11. The first-order valence-electron chi connectivity index (χ1n) is 4.07. The summed E-state index contributed by atoms with van der Waals surface area (Å²) in [6, 6.07) is 1.65. The van der Waals surface area contributed by atoms with Crippen molar-refractivity contribution in [3.05, 3.63) is 27.9 Å². The van der Waals surface area contributed by atoms with Crippen molar-refractivity contribution in [3.8, 4) is 0 Å². The number of hydrogen-bond donors (Lipinski definition) is 1. The molecule has 2 rings (SSSR count). The minimum absolute atomic E-state index is 0.211. The fraction of sp³-hybridized carbons (Fsp3) is 0.125. The van der Waals surface area contributed by atoms with Gasteiger partial charge in [-0.1, -0.05) is 11.3 Å². The van der Waals surface area contributed by atoms with Gasteiger partial charge in [0.25, 0.3) is 5.91 Å². The van der Waals surface area contributed by atoms with Gasteiger partial charge in [0.1, 0.15) is 5.69 Å². The Morgan fingerprint density at radius 3 is 3.00 bits per heavy atom. The Kier molecular flexibility index (Phi) is 2.83. The Morgan fingerprint density at radius 2 is 2.47 bits per heavy atom. The monoisotopic (exact) mass is 286 g/mol. The van der Waals surface area contributed by atoms with Gasteiger partial charge >= 0.3 is 0 Å². The highest BCUT2D eigenvalue weighted by Crippen LogP contribution is 2.23. The number of aromatic nitrogens is 3. The smallest absolute Gasteiger partial charge is 0.275 e. The number of thiazole rings is 1. The Bertz CT molecular complexity index is 492. The molecule has 0 bridgehead atoms. The van der Waals surface area contributed by atoms with E-state index in [2.05, 4.69) is 31.3 Å². The van der Waals surface area contributed by atoms with Gasteiger partial charge in [0.05, 0.1) is 9.98 Å². The summed E-state index contributed by atoms with van der Waals surface area (Å²) in [5, 5.41) is 7.16. The van der Waals surface area contributed by atoms with Gasteiger partial charge in [-0.25, -0.2) is 4.98 Å². The third-order valence-electron chi connectivity index (χ3n) is 1.75. The van der Waals surface area contributed by atoms with Crippen molar-refractivity contribution >= 4 is 38.3 Å². The van der Waals surface area contributed by atoms with Gasteiger partial charge < -0.3 is 0 Å². The first kappa shape index (κ1) is 10.3. The minimum atomic E-state index is -0.211. The van der Waals surface area contributed by atoms with Crippen molar-refractivity contribution in [2.75, 3.05) is 5.32 Å². The van der Waals surface area contributed by atoms with Crippen molar-refractivity contribution in [3.63, 3.8) is 0 Å². The second-order valence-corrected chi connectivity index (χ2v) is 5.17. The molecule has 78 valence electrons. The number of carbonyl (C=O) groups is 1.